The summed E-state index contributed by atoms with van der Waals surface area (Å²) in [5.74, 6) is 2.69. The second-order valence-electron chi connectivity index (χ2n) is 5.47. The van der Waals surface area contributed by atoms with Crippen LogP contribution in [-0.2, 0) is 4.79 Å². The molecule has 0 atom stereocenters. The van der Waals surface area contributed by atoms with E-state index in [1.54, 1.807) is 67.5 Å². The maximum atomic E-state index is 12.6. The Balaban J connectivity index is 1.82. The van der Waals surface area contributed by atoms with Gasteiger partial charge in [0.1, 0.15) is 5.76 Å². The van der Waals surface area contributed by atoms with Crippen LogP contribution in [0.1, 0.15) is 12.2 Å². The third-order valence-corrected chi connectivity index (χ3v) is 4.84. The topological polar surface area (TPSA) is 64.3 Å². The quantitative estimate of drug-likeness (QED) is 0.743. The number of thioether (sulfide) groups is 1. The van der Waals surface area contributed by atoms with Gasteiger partial charge in [-0.15, -0.1) is 0 Å². The van der Waals surface area contributed by atoms with E-state index in [2.05, 4.69) is 4.99 Å². The Morgan fingerprint density at radius 1 is 1.27 bits per heavy atom. The summed E-state index contributed by atoms with van der Waals surface area (Å²) >= 11 is 1.57. The summed E-state index contributed by atoms with van der Waals surface area (Å²) < 4.78 is 15.8. The Bertz CT molecular complexity index is 815. The van der Waals surface area contributed by atoms with Gasteiger partial charge in [-0.1, -0.05) is 11.8 Å². The molecular formula is C19H20N2O4S. The molecule has 26 heavy (non-hydrogen) atoms. The van der Waals surface area contributed by atoms with Crippen LogP contribution in [0, 0.1) is 0 Å². The van der Waals surface area contributed by atoms with Gasteiger partial charge >= 0.3 is 0 Å². The number of hydrogen-bond donors (Lipinski definition) is 0. The molecule has 2 aromatic rings. The van der Waals surface area contributed by atoms with Crippen LogP contribution in [0.25, 0.3) is 6.08 Å². The van der Waals surface area contributed by atoms with Crippen molar-refractivity contribution >= 4 is 34.6 Å². The standard InChI is InChI=1S/C19H20N2O4S/c1-23-16-8-6-14(13-17(16)24-2)20-19-21(10-4-12-26-19)18(22)9-7-15-5-3-11-25-15/h3,5-9,11,13H,4,10,12H2,1-2H3/b9-7+,20-19?. The van der Waals surface area contributed by atoms with Gasteiger partial charge in [-0.2, -0.15) is 0 Å². The van der Waals surface area contributed by atoms with Crippen molar-refractivity contribution in [3.8, 4) is 11.5 Å². The average Bonchev–Trinajstić information content (AvgIpc) is 3.20. The highest BCUT2D eigenvalue weighted by Gasteiger charge is 2.22. The lowest BCUT2D eigenvalue weighted by Gasteiger charge is -2.26. The van der Waals surface area contributed by atoms with Gasteiger partial charge in [-0.05, 0) is 36.8 Å². The lowest BCUT2D eigenvalue weighted by molar-refractivity contribution is -0.122. The van der Waals surface area contributed by atoms with Crippen LogP contribution in [-0.4, -0.2) is 42.5 Å². The van der Waals surface area contributed by atoms with Gasteiger partial charge in [0.05, 0.1) is 26.2 Å². The molecule has 1 saturated heterocycles. The van der Waals surface area contributed by atoms with Gasteiger partial charge in [-0.25, -0.2) is 4.99 Å². The molecule has 1 aromatic heterocycles. The Morgan fingerprint density at radius 3 is 2.85 bits per heavy atom. The monoisotopic (exact) mass is 372 g/mol. The number of nitrogens with zero attached hydrogens (tertiary/aromatic N) is 2. The molecule has 6 nitrogen and oxygen atoms in total. The minimum atomic E-state index is -0.118. The molecule has 7 heteroatoms. The van der Waals surface area contributed by atoms with Crippen LogP contribution in [0.4, 0.5) is 5.69 Å². The third kappa shape index (κ3) is 4.29. The average molecular weight is 372 g/mol. The molecule has 1 amide bonds. The Hall–Kier alpha value is -2.67. The first kappa shape index (κ1) is 18.1. The normalized spacial score (nSPS) is 16.2. The van der Waals surface area contributed by atoms with E-state index < -0.39 is 0 Å². The fourth-order valence-corrected chi connectivity index (χ4v) is 3.45. The number of amides is 1. The Kier molecular flexibility index (Phi) is 6.01. The van der Waals surface area contributed by atoms with Crippen molar-refractivity contribution in [2.24, 2.45) is 4.99 Å². The zero-order valence-electron chi connectivity index (χ0n) is 14.7. The van der Waals surface area contributed by atoms with Gasteiger partial charge in [0.2, 0.25) is 0 Å². The predicted octanol–water partition coefficient (Wildman–Crippen LogP) is 3.96. The Morgan fingerprint density at radius 2 is 2.12 bits per heavy atom. The maximum absolute atomic E-state index is 12.6. The summed E-state index contributed by atoms with van der Waals surface area (Å²) in [7, 11) is 3.17. The van der Waals surface area contributed by atoms with Crippen LogP contribution in [0.3, 0.4) is 0 Å². The minimum absolute atomic E-state index is 0.118. The molecule has 1 aliphatic heterocycles. The van der Waals surface area contributed by atoms with Crippen molar-refractivity contribution in [3.63, 3.8) is 0 Å². The molecule has 2 heterocycles. The van der Waals surface area contributed by atoms with Gasteiger partial charge in [0.25, 0.3) is 5.91 Å². The number of rotatable bonds is 5. The fourth-order valence-electron chi connectivity index (χ4n) is 2.49. The summed E-state index contributed by atoms with van der Waals surface area (Å²) in [5.41, 5.74) is 0.708. The number of carbonyl (C=O) groups excluding carboxylic acids is 1. The van der Waals surface area contributed by atoms with Crippen molar-refractivity contribution in [1.29, 1.82) is 0 Å². The van der Waals surface area contributed by atoms with Crippen LogP contribution >= 0.6 is 11.8 Å². The molecule has 0 N–H and O–H groups in total. The van der Waals surface area contributed by atoms with E-state index in [4.69, 9.17) is 13.9 Å². The number of furan rings is 1. The van der Waals surface area contributed by atoms with E-state index in [1.807, 2.05) is 6.07 Å². The molecule has 0 aliphatic carbocycles. The SMILES string of the molecule is COc1ccc(N=C2SCCCN2C(=O)/C=C/c2ccco2)cc1OC. The second-order valence-corrected chi connectivity index (χ2v) is 6.54. The summed E-state index contributed by atoms with van der Waals surface area (Å²) in [4.78, 5) is 18.9. The summed E-state index contributed by atoms with van der Waals surface area (Å²) in [6.07, 6.45) is 5.67. The number of carbonyl (C=O) groups is 1. The maximum Gasteiger partial charge on any atom is 0.252 e. The molecule has 136 valence electrons. The molecule has 1 aromatic carbocycles. The summed E-state index contributed by atoms with van der Waals surface area (Å²) in [6.45, 7) is 0.639. The van der Waals surface area contributed by atoms with Crippen LogP contribution in [0.15, 0.2) is 52.1 Å². The van der Waals surface area contributed by atoms with Gasteiger partial charge in [-0.3, -0.25) is 9.69 Å². The molecular weight excluding hydrogens is 352 g/mol. The van der Waals surface area contributed by atoms with E-state index in [-0.39, 0.29) is 5.91 Å². The lowest BCUT2D eigenvalue weighted by Crippen LogP contribution is -2.38. The van der Waals surface area contributed by atoms with Gasteiger partial charge in [0, 0.05) is 24.4 Å². The van der Waals surface area contributed by atoms with E-state index in [0.717, 1.165) is 12.2 Å². The first-order valence-corrected chi connectivity index (χ1v) is 9.16. The van der Waals surface area contributed by atoms with Crippen LogP contribution < -0.4 is 9.47 Å². The highest BCUT2D eigenvalue weighted by molar-refractivity contribution is 8.13. The molecule has 1 fully saturated rings. The number of aliphatic imine (C=N–C) groups is 1. The number of methoxy groups -OCH3 is 2. The zero-order chi connectivity index (χ0) is 18.4. The highest BCUT2D eigenvalue weighted by Crippen LogP contribution is 2.32. The summed E-state index contributed by atoms with van der Waals surface area (Å²) in [6, 6.07) is 9.01. The zero-order valence-corrected chi connectivity index (χ0v) is 15.5. The van der Waals surface area contributed by atoms with Crippen molar-refractivity contribution in [2.75, 3.05) is 26.5 Å². The van der Waals surface area contributed by atoms with Crippen molar-refractivity contribution in [3.05, 3.63) is 48.4 Å². The molecule has 0 radical (unpaired) electrons. The van der Waals surface area contributed by atoms with Gasteiger partial charge < -0.3 is 13.9 Å². The van der Waals surface area contributed by atoms with E-state index >= 15 is 0 Å². The van der Waals surface area contributed by atoms with Crippen LogP contribution in [0.2, 0.25) is 0 Å². The largest absolute Gasteiger partial charge is 0.493 e. The fraction of sp³-hybridized carbons (Fsp3) is 0.263. The predicted molar refractivity (Wildman–Crippen MR) is 103 cm³/mol. The third-order valence-electron chi connectivity index (χ3n) is 3.78. The van der Waals surface area contributed by atoms with Crippen molar-refractivity contribution < 1.29 is 18.7 Å². The van der Waals surface area contributed by atoms with Gasteiger partial charge in [0.15, 0.2) is 16.7 Å². The molecule has 0 unspecified atom stereocenters. The van der Waals surface area contributed by atoms with E-state index in [0.29, 0.717) is 34.7 Å². The first-order valence-electron chi connectivity index (χ1n) is 8.18. The lowest BCUT2D eigenvalue weighted by atomic mass is 10.3. The molecule has 0 saturated carbocycles. The summed E-state index contributed by atoms with van der Waals surface area (Å²) in [5, 5.41) is 0.678. The smallest absolute Gasteiger partial charge is 0.252 e. The number of amidine groups is 1. The van der Waals surface area contributed by atoms with Crippen molar-refractivity contribution in [2.45, 2.75) is 6.42 Å². The van der Waals surface area contributed by atoms with Crippen LogP contribution in [0.5, 0.6) is 11.5 Å². The van der Waals surface area contributed by atoms with E-state index in [9.17, 15) is 4.79 Å². The Labute approximate surface area is 156 Å². The first-order chi connectivity index (χ1) is 12.7. The second kappa shape index (κ2) is 8.62. The minimum Gasteiger partial charge on any atom is -0.493 e. The number of hydrogen-bond acceptors (Lipinski definition) is 6. The molecule has 0 spiro atoms. The molecule has 1 aliphatic rings. The van der Waals surface area contributed by atoms with Crippen molar-refractivity contribution in [1.82, 2.24) is 4.90 Å². The van der Waals surface area contributed by atoms with E-state index in [1.165, 1.54) is 6.08 Å². The number of benzene rings is 1. The number of ether oxygens (including phenoxy) is 2. The highest BCUT2D eigenvalue weighted by atomic mass is 32.2. The molecule has 3 rings (SSSR count). The molecule has 0 bridgehead atoms.